The van der Waals surface area contributed by atoms with Crippen molar-refractivity contribution in [3.05, 3.63) is 0 Å². The van der Waals surface area contributed by atoms with Crippen LogP contribution in [0.3, 0.4) is 0 Å². The first-order valence-corrected chi connectivity index (χ1v) is 5.59. The predicted octanol–water partition coefficient (Wildman–Crippen LogP) is 0.0297. The van der Waals surface area contributed by atoms with Crippen molar-refractivity contribution in [1.29, 1.82) is 0 Å². The Labute approximate surface area is 79.1 Å². The van der Waals surface area contributed by atoms with Gasteiger partial charge in [-0.15, -0.1) is 0 Å². The number of Topliss-reactive ketones (excluding diaryl/α,β-unsaturated/α-hetero) is 1. The third-order valence-corrected chi connectivity index (χ3v) is 3.52. The van der Waals surface area contributed by atoms with Crippen LogP contribution in [0.25, 0.3) is 0 Å². The first kappa shape index (κ1) is 10.4. The summed E-state index contributed by atoms with van der Waals surface area (Å²) in [6.45, 7) is 2.00. The van der Waals surface area contributed by atoms with Gasteiger partial charge in [0.25, 0.3) is 0 Å². The number of esters is 1. The molecule has 0 aliphatic carbocycles. The Morgan fingerprint density at radius 3 is 2.92 bits per heavy atom. The molecule has 2 atom stereocenters. The van der Waals surface area contributed by atoms with Gasteiger partial charge in [0.05, 0.1) is 12.4 Å². The molecule has 0 unspecified atom stereocenters. The van der Waals surface area contributed by atoms with E-state index in [-0.39, 0.29) is 11.5 Å². The van der Waals surface area contributed by atoms with Crippen molar-refractivity contribution in [2.75, 3.05) is 12.4 Å². The van der Waals surface area contributed by atoms with E-state index in [0.29, 0.717) is 19.4 Å². The fourth-order valence-corrected chi connectivity index (χ4v) is 2.54. The highest BCUT2D eigenvalue weighted by Crippen LogP contribution is 2.15. The van der Waals surface area contributed by atoms with Gasteiger partial charge in [0.15, 0.2) is 0 Å². The van der Waals surface area contributed by atoms with Crippen molar-refractivity contribution in [3.63, 3.8) is 0 Å². The molecule has 74 valence electrons. The number of hydrogen-bond donors (Lipinski definition) is 0. The summed E-state index contributed by atoms with van der Waals surface area (Å²) in [7, 11) is -1.36. The Morgan fingerprint density at radius 2 is 2.38 bits per heavy atom. The first-order chi connectivity index (χ1) is 6.15. The number of hydrogen-bond acceptors (Lipinski definition) is 4. The number of carbonyl (C=O) groups is 2. The molecular formula is C8H12O4S. The van der Waals surface area contributed by atoms with Crippen LogP contribution >= 0.6 is 0 Å². The fourth-order valence-electron chi connectivity index (χ4n) is 1.22. The maximum atomic E-state index is 11.3. The quantitative estimate of drug-likeness (QED) is 0.595. The lowest BCUT2D eigenvalue weighted by molar-refractivity contribution is -0.142. The van der Waals surface area contributed by atoms with Crippen LogP contribution in [0, 0.1) is 0 Å². The molecule has 0 aromatic rings. The van der Waals surface area contributed by atoms with Gasteiger partial charge in [-0.3, -0.25) is 13.8 Å². The van der Waals surface area contributed by atoms with E-state index in [0.717, 1.165) is 0 Å². The normalized spacial score (nSPS) is 28.5. The number of ketones is 1. The molecule has 0 N–H and O–H groups in total. The summed E-state index contributed by atoms with van der Waals surface area (Å²) >= 11 is 0. The smallest absolute Gasteiger partial charge is 0.321 e. The Morgan fingerprint density at radius 1 is 1.69 bits per heavy atom. The summed E-state index contributed by atoms with van der Waals surface area (Å²) in [5, 5.41) is -0.586. The van der Waals surface area contributed by atoms with E-state index in [1.54, 1.807) is 6.92 Å². The highest BCUT2D eigenvalue weighted by molar-refractivity contribution is 7.87. The lowest BCUT2D eigenvalue weighted by atomic mass is 10.2. The van der Waals surface area contributed by atoms with E-state index in [9.17, 15) is 13.8 Å². The molecule has 1 aliphatic heterocycles. The third kappa shape index (κ3) is 2.62. The van der Waals surface area contributed by atoms with Crippen molar-refractivity contribution >= 4 is 22.6 Å². The SMILES string of the molecule is CCOC(=O)[C@@H]1CCC(=O)C[S@@]1=O. The molecule has 13 heavy (non-hydrogen) atoms. The summed E-state index contributed by atoms with van der Waals surface area (Å²) in [6, 6.07) is 0. The van der Waals surface area contributed by atoms with Crippen LogP contribution in [0.4, 0.5) is 0 Å². The van der Waals surface area contributed by atoms with Crippen molar-refractivity contribution in [2.45, 2.75) is 25.0 Å². The van der Waals surface area contributed by atoms with Gasteiger partial charge in [-0.05, 0) is 13.3 Å². The number of rotatable bonds is 2. The second-order valence-corrected chi connectivity index (χ2v) is 4.46. The minimum atomic E-state index is -1.36. The zero-order valence-corrected chi connectivity index (χ0v) is 8.26. The minimum absolute atomic E-state index is 0.00345. The predicted molar refractivity (Wildman–Crippen MR) is 47.7 cm³/mol. The molecule has 0 spiro atoms. The molecule has 1 rings (SSSR count). The van der Waals surface area contributed by atoms with E-state index in [2.05, 4.69) is 0 Å². The van der Waals surface area contributed by atoms with Gasteiger partial charge >= 0.3 is 5.97 Å². The van der Waals surface area contributed by atoms with Crippen molar-refractivity contribution in [1.82, 2.24) is 0 Å². The highest BCUT2D eigenvalue weighted by Gasteiger charge is 2.32. The molecule has 1 saturated heterocycles. The molecule has 0 aromatic carbocycles. The Balaban J connectivity index is 2.55. The van der Waals surface area contributed by atoms with Crippen LogP contribution in [0.15, 0.2) is 0 Å². The van der Waals surface area contributed by atoms with E-state index < -0.39 is 22.0 Å². The Bertz CT molecular complexity index is 249. The summed E-state index contributed by atoms with van der Waals surface area (Å²) < 4.78 is 16.1. The molecule has 0 bridgehead atoms. The lowest BCUT2D eigenvalue weighted by Gasteiger charge is -2.18. The van der Waals surface area contributed by atoms with Gasteiger partial charge in [-0.25, -0.2) is 0 Å². The maximum absolute atomic E-state index is 11.3. The second-order valence-electron chi connectivity index (χ2n) is 2.84. The molecular weight excluding hydrogens is 192 g/mol. The topological polar surface area (TPSA) is 60.4 Å². The standard InChI is InChI=1S/C8H12O4S/c1-2-12-8(10)7-4-3-6(9)5-13(7)11/h7H,2-5H2,1H3/t7-,13-/m0/s1. The van der Waals surface area contributed by atoms with Gasteiger partial charge in [-0.2, -0.15) is 0 Å². The summed E-state index contributed by atoms with van der Waals surface area (Å²) in [5.74, 6) is -0.462. The van der Waals surface area contributed by atoms with Gasteiger partial charge in [0.2, 0.25) is 0 Å². The van der Waals surface area contributed by atoms with Crippen LogP contribution in [-0.4, -0.2) is 33.6 Å². The van der Waals surface area contributed by atoms with Gasteiger partial charge in [0.1, 0.15) is 11.0 Å². The molecule has 1 fully saturated rings. The summed E-state index contributed by atoms with van der Waals surface area (Å²) in [4.78, 5) is 22.0. The fraction of sp³-hybridized carbons (Fsp3) is 0.750. The van der Waals surface area contributed by atoms with E-state index in [1.807, 2.05) is 0 Å². The maximum Gasteiger partial charge on any atom is 0.321 e. The second kappa shape index (κ2) is 4.50. The van der Waals surface area contributed by atoms with Crippen LogP contribution in [0.5, 0.6) is 0 Å². The zero-order valence-electron chi connectivity index (χ0n) is 7.45. The van der Waals surface area contributed by atoms with Crippen molar-refractivity contribution in [2.24, 2.45) is 0 Å². The summed E-state index contributed by atoms with van der Waals surface area (Å²) in [5.41, 5.74) is 0. The lowest BCUT2D eigenvalue weighted by Crippen LogP contribution is -2.36. The molecule has 0 radical (unpaired) electrons. The molecule has 5 heteroatoms. The molecule has 0 amide bonds. The van der Waals surface area contributed by atoms with Crippen LogP contribution < -0.4 is 0 Å². The average molecular weight is 204 g/mol. The largest absolute Gasteiger partial charge is 0.465 e. The zero-order chi connectivity index (χ0) is 9.84. The van der Waals surface area contributed by atoms with E-state index >= 15 is 0 Å². The summed E-state index contributed by atoms with van der Waals surface area (Å²) in [6.07, 6.45) is 0.708. The Kier molecular flexibility index (Phi) is 3.59. The average Bonchev–Trinajstić information content (AvgIpc) is 2.04. The van der Waals surface area contributed by atoms with E-state index in [1.165, 1.54) is 0 Å². The number of ether oxygens (including phenoxy) is 1. The van der Waals surface area contributed by atoms with Crippen LogP contribution in [0.1, 0.15) is 19.8 Å². The molecule has 0 aromatic heterocycles. The number of carbonyl (C=O) groups excluding carboxylic acids is 2. The molecule has 0 saturated carbocycles. The molecule has 4 nitrogen and oxygen atoms in total. The van der Waals surface area contributed by atoms with Gasteiger partial charge in [0, 0.05) is 17.2 Å². The molecule has 1 heterocycles. The van der Waals surface area contributed by atoms with Gasteiger partial charge < -0.3 is 4.74 Å². The highest BCUT2D eigenvalue weighted by atomic mass is 32.2. The van der Waals surface area contributed by atoms with Crippen LogP contribution in [0.2, 0.25) is 0 Å². The first-order valence-electron chi connectivity index (χ1n) is 4.20. The molecule has 1 aliphatic rings. The van der Waals surface area contributed by atoms with E-state index in [4.69, 9.17) is 4.74 Å². The van der Waals surface area contributed by atoms with Crippen LogP contribution in [-0.2, 0) is 25.1 Å². The van der Waals surface area contributed by atoms with Crippen molar-refractivity contribution in [3.8, 4) is 0 Å². The van der Waals surface area contributed by atoms with Gasteiger partial charge in [-0.1, -0.05) is 0 Å². The minimum Gasteiger partial charge on any atom is -0.465 e. The monoisotopic (exact) mass is 204 g/mol. The third-order valence-electron chi connectivity index (χ3n) is 1.86. The van der Waals surface area contributed by atoms with Crippen molar-refractivity contribution < 1.29 is 18.5 Å². The Hall–Kier alpha value is -0.710.